The van der Waals surface area contributed by atoms with Crippen molar-refractivity contribution < 1.29 is 14.0 Å². The predicted octanol–water partition coefficient (Wildman–Crippen LogP) is 3.01. The van der Waals surface area contributed by atoms with Crippen LogP contribution in [-0.4, -0.2) is 42.9 Å². The van der Waals surface area contributed by atoms with Crippen LogP contribution in [0.25, 0.3) is 0 Å². The van der Waals surface area contributed by atoms with E-state index < -0.39 is 11.3 Å². The van der Waals surface area contributed by atoms with Crippen LogP contribution in [0, 0.1) is 22.6 Å². The summed E-state index contributed by atoms with van der Waals surface area (Å²) in [5, 5.41) is 11.9. The summed E-state index contributed by atoms with van der Waals surface area (Å²) < 4.78 is 13.1. The fourth-order valence-electron chi connectivity index (χ4n) is 3.28. The highest BCUT2D eigenvalue weighted by Crippen LogP contribution is 2.25. The highest BCUT2D eigenvalue weighted by atomic mass is 19.1. The average Bonchev–Trinajstić information content (AvgIpc) is 2.74. The maximum atomic E-state index is 13.1. The highest BCUT2D eigenvalue weighted by molar-refractivity contribution is 6.10. The lowest BCUT2D eigenvalue weighted by atomic mass is 9.89. The van der Waals surface area contributed by atoms with E-state index in [4.69, 9.17) is 0 Å². The van der Waals surface area contributed by atoms with Crippen molar-refractivity contribution in [2.24, 2.45) is 5.41 Å². The van der Waals surface area contributed by atoms with E-state index in [0.717, 1.165) is 5.69 Å². The third-order valence-electron chi connectivity index (χ3n) is 5.16. The quantitative estimate of drug-likeness (QED) is 0.809. The summed E-state index contributed by atoms with van der Waals surface area (Å²) in [6.07, 6.45) is 0. The van der Waals surface area contributed by atoms with E-state index in [1.807, 2.05) is 6.07 Å². The molecule has 0 unspecified atom stereocenters. The Bertz CT molecular complexity index is 942. The van der Waals surface area contributed by atoms with Gasteiger partial charge in [-0.2, -0.15) is 5.26 Å². The largest absolute Gasteiger partial charge is 0.368 e. The Balaban J connectivity index is 1.64. The minimum absolute atomic E-state index is 0.261. The number of piperazine rings is 1. The molecule has 7 heteroatoms. The summed E-state index contributed by atoms with van der Waals surface area (Å²) in [5.41, 5.74) is 0.364. The van der Waals surface area contributed by atoms with Gasteiger partial charge in [0.15, 0.2) is 0 Å². The SMILES string of the molecule is CC(C)(C(=O)Nc1ccccc1C#N)C(=O)N1CCN(c2ccc(F)cc2)CC1. The smallest absolute Gasteiger partial charge is 0.239 e. The number of benzene rings is 2. The molecule has 150 valence electrons. The Hall–Kier alpha value is -3.40. The Morgan fingerprint density at radius 3 is 2.28 bits per heavy atom. The van der Waals surface area contributed by atoms with Crippen LogP contribution in [0.15, 0.2) is 48.5 Å². The molecule has 0 saturated carbocycles. The summed E-state index contributed by atoms with van der Waals surface area (Å²) in [6.45, 7) is 5.33. The number of nitrogens with one attached hydrogen (secondary N) is 1. The average molecular weight is 394 g/mol. The van der Waals surface area contributed by atoms with Gasteiger partial charge in [0.1, 0.15) is 17.3 Å². The molecule has 6 nitrogen and oxygen atoms in total. The van der Waals surface area contributed by atoms with Crippen LogP contribution in [0.5, 0.6) is 0 Å². The summed E-state index contributed by atoms with van der Waals surface area (Å²) in [5.74, 6) is -0.998. The van der Waals surface area contributed by atoms with Gasteiger partial charge in [0.2, 0.25) is 11.8 Å². The van der Waals surface area contributed by atoms with Gasteiger partial charge in [-0.05, 0) is 50.2 Å². The van der Waals surface area contributed by atoms with Crippen LogP contribution < -0.4 is 10.2 Å². The molecular weight excluding hydrogens is 371 g/mol. The number of hydrogen-bond acceptors (Lipinski definition) is 4. The zero-order valence-corrected chi connectivity index (χ0v) is 16.5. The lowest BCUT2D eigenvalue weighted by molar-refractivity contribution is -0.146. The highest BCUT2D eigenvalue weighted by Gasteiger charge is 2.40. The van der Waals surface area contributed by atoms with Crippen molar-refractivity contribution in [1.29, 1.82) is 5.26 Å². The summed E-state index contributed by atoms with van der Waals surface area (Å²) in [7, 11) is 0. The molecule has 2 amide bonds. The molecule has 2 aromatic rings. The van der Waals surface area contributed by atoms with Crippen LogP contribution in [0.1, 0.15) is 19.4 Å². The Labute approximate surface area is 169 Å². The lowest BCUT2D eigenvalue weighted by Gasteiger charge is -2.39. The Kier molecular flexibility index (Phi) is 5.83. The fraction of sp³-hybridized carbons (Fsp3) is 0.318. The molecule has 0 spiro atoms. The minimum Gasteiger partial charge on any atom is -0.368 e. The normalized spacial score (nSPS) is 14.3. The van der Waals surface area contributed by atoms with E-state index in [0.29, 0.717) is 37.4 Å². The first-order valence-corrected chi connectivity index (χ1v) is 9.43. The molecule has 1 saturated heterocycles. The second kappa shape index (κ2) is 8.31. The van der Waals surface area contributed by atoms with Crippen LogP contribution in [0.2, 0.25) is 0 Å². The van der Waals surface area contributed by atoms with E-state index in [9.17, 15) is 19.2 Å². The van der Waals surface area contributed by atoms with Crippen LogP contribution >= 0.6 is 0 Å². The maximum absolute atomic E-state index is 13.1. The van der Waals surface area contributed by atoms with E-state index in [1.165, 1.54) is 12.1 Å². The third kappa shape index (κ3) is 4.37. The molecule has 2 aromatic carbocycles. The van der Waals surface area contributed by atoms with Gasteiger partial charge in [-0.3, -0.25) is 9.59 Å². The van der Waals surface area contributed by atoms with E-state index >= 15 is 0 Å². The standard InChI is InChI=1S/C22H23FN4O2/c1-22(2,20(28)25-19-6-4-3-5-16(19)15-24)21(29)27-13-11-26(12-14-27)18-9-7-17(23)8-10-18/h3-10H,11-14H2,1-2H3,(H,25,28). The van der Waals surface area contributed by atoms with Gasteiger partial charge in [0.25, 0.3) is 0 Å². The van der Waals surface area contributed by atoms with Gasteiger partial charge in [-0.15, -0.1) is 0 Å². The summed E-state index contributed by atoms with van der Waals surface area (Å²) in [6, 6.07) is 15.0. The van der Waals surface area contributed by atoms with E-state index in [-0.39, 0.29) is 11.7 Å². The van der Waals surface area contributed by atoms with Gasteiger partial charge in [0.05, 0.1) is 11.3 Å². The number of nitriles is 1. The van der Waals surface area contributed by atoms with Crippen molar-refractivity contribution in [1.82, 2.24) is 4.90 Å². The molecule has 0 atom stereocenters. The number of carbonyl (C=O) groups excluding carboxylic acids is 2. The molecule has 1 N–H and O–H groups in total. The number of rotatable bonds is 4. The fourth-order valence-corrected chi connectivity index (χ4v) is 3.28. The zero-order valence-electron chi connectivity index (χ0n) is 16.5. The molecular formula is C22H23FN4O2. The topological polar surface area (TPSA) is 76.4 Å². The maximum Gasteiger partial charge on any atom is 0.239 e. The molecule has 0 aromatic heterocycles. The van der Waals surface area contributed by atoms with Crippen LogP contribution in [-0.2, 0) is 9.59 Å². The zero-order chi connectivity index (χ0) is 21.0. The summed E-state index contributed by atoms with van der Waals surface area (Å²) >= 11 is 0. The summed E-state index contributed by atoms with van der Waals surface area (Å²) in [4.78, 5) is 29.6. The molecule has 1 aliphatic heterocycles. The lowest BCUT2D eigenvalue weighted by Crippen LogP contribution is -2.54. The second-order valence-corrected chi connectivity index (χ2v) is 7.49. The van der Waals surface area contributed by atoms with Gasteiger partial charge >= 0.3 is 0 Å². The van der Waals surface area contributed by atoms with Crippen molar-refractivity contribution in [3.05, 3.63) is 59.9 Å². The number of amides is 2. The molecule has 0 radical (unpaired) electrons. The molecule has 0 bridgehead atoms. The molecule has 3 rings (SSSR count). The van der Waals surface area contributed by atoms with Crippen LogP contribution in [0.4, 0.5) is 15.8 Å². The molecule has 1 heterocycles. The van der Waals surface area contributed by atoms with Gasteiger partial charge < -0.3 is 15.1 Å². The Morgan fingerprint density at radius 1 is 1.03 bits per heavy atom. The van der Waals surface area contributed by atoms with Crippen molar-refractivity contribution >= 4 is 23.2 Å². The number of hydrogen-bond donors (Lipinski definition) is 1. The Morgan fingerprint density at radius 2 is 1.66 bits per heavy atom. The van der Waals surface area contributed by atoms with Crippen molar-refractivity contribution in [3.63, 3.8) is 0 Å². The minimum atomic E-state index is -1.28. The molecule has 0 aliphatic carbocycles. The number of nitrogens with zero attached hydrogens (tertiary/aromatic N) is 3. The monoisotopic (exact) mass is 394 g/mol. The van der Waals surface area contributed by atoms with Crippen LogP contribution in [0.3, 0.4) is 0 Å². The predicted molar refractivity (Wildman–Crippen MR) is 109 cm³/mol. The van der Waals surface area contributed by atoms with Crippen molar-refractivity contribution in [2.75, 3.05) is 36.4 Å². The first-order chi connectivity index (χ1) is 13.8. The molecule has 1 fully saturated rings. The van der Waals surface area contributed by atoms with Crippen molar-refractivity contribution in [3.8, 4) is 6.07 Å². The number of halogens is 1. The second-order valence-electron chi connectivity index (χ2n) is 7.49. The van der Waals surface area contributed by atoms with Gasteiger partial charge in [-0.1, -0.05) is 12.1 Å². The van der Waals surface area contributed by atoms with Crippen molar-refractivity contribution in [2.45, 2.75) is 13.8 Å². The molecule has 1 aliphatic rings. The first kappa shape index (κ1) is 20.3. The third-order valence-corrected chi connectivity index (χ3v) is 5.16. The number of carbonyl (C=O) groups is 2. The van der Waals surface area contributed by atoms with Gasteiger partial charge in [0, 0.05) is 31.9 Å². The van der Waals surface area contributed by atoms with Gasteiger partial charge in [-0.25, -0.2) is 4.39 Å². The number of anilines is 2. The number of para-hydroxylation sites is 1. The van der Waals surface area contributed by atoms with E-state index in [1.54, 1.807) is 55.1 Å². The first-order valence-electron chi connectivity index (χ1n) is 9.43. The van der Waals surface area contributed by atoms with E-state index in [2.05, 4.69) is 10.2 Å². The molecule has 29 heavy (non-hydrogen) atoms.